The summed E-state index contributed by atoms with van der Waals surface area (Å²) in [5.74, 6) is -3.97. The number of aliphatic hydroxyl groups is 3. The van der Waals surface area contributed by atoms with E-state index < -0.39 is 54.5 Å². The lowest BCUT2D eigenvalue weighted by Gasteiger charge is -2.41. The SMILES string of the molecule is Cc1nc([C@@H]2O[C@H](CO)[C@H](O)[C@H](n3cc(-c4cc(F)c(F)c(F)c4)nn3)[C@H]2O)n(-c2cc(Cl)ccc2Br)n1. The number of aromatic nitrogens is 6. The number of aliphatic hydroxyl groups excluding tert-OH is 3. The van der Waals surface area contributed by atoms with Gasteiger partial charge in [-0.1, -0.05) is 16.8 Å². The number of aryl methyl sites for hydroxylation is 1. The molecule has 0 unspecified atom stereocenters. The molecular weight excluding hydrogens is 597 g/mol. The van der Waals surface area contributed by atoms with Gasteiger partial charge in [-0.3, -0.25) is 0 Å². The molecule has 1 aliphatic rings. The molecule has 0 radical (unpaired) electrons. The fourth-order valence-corrected chi connectivity index (χ4v) is 4.91. The van der Waals surface area contributed by atoms with Gasteiger partial charge in [0.1, 0.15) is 42.0 Å². The van der Waals surface area contributed by atoms with Crippen molar-refractivity contribution in [3.63, 3.8) is 0 Å². The number of hydrogen-bond donors (Lipinski definition) is 3. The quantitative estimate of drug-likeness (QED) is 0.292. The maximum absolute atomic E-state index is 13.8. The highest BCUT2D eigenvalue weighted by atomic mass is 79.9. The first-order chi connectivity index (χ1) is 18.1. The summed E-state index contributed by atoms with van der Waals surface area (Å²) in [7, 11) is 0. The first-order valence-electron chi connectivity index (χ1n) is 11.2. The molecule has 10 nitrogen and oxygen atoms in total. The third-order valence-corrected chi connectivity index (χ3v) is 7.02. The van der Waals surface area contributed by atoms with Gasteiger partial charge in [0.2, 0.25) is 0 Å². The Morgan fingerprint density at radius 3 is 2.50 bits per heavy atom. The monoisotopic (exact) mass is 614 g/mol. The first kappa shape index (κ1) is 26.7. The summed E-state index contributed by atoms with van der Waals surface area (Å²) in [6.07, 6.45) is -4.16. The van der Waals surface area contributed by atoms with Crippen molar-refractivity contribution in [1.29, 1.82) is 0 Å². The van der Waals surface area contributed by atoms with Crippen LogP contribution in [0.1, 0.15) is 23.8 Å². The van der Waals surface area contributed by atoms with Crippen molar-refractivity contribution in [1.82, 2.24) is 29.8 Å². The summed E-state index contributed by atoms with van der Waals surface area (Å²) in [4.78, 5) is 4.41. The highest BCUT2D eigenvalue weighted by Gasteiger charge is 2.48. The molecule has 0 saturated carbocycles. The molecule has 2 aromatic heterocycles. The summed E-state index contributed by atoms with van der Waals surface area (Å²) in [6.45, 7) is 1.01. The minimum absolute atomic E-state index is 0.0485. The summed E-state index contributed by atoms with van der Waals surface area (Å²) < 4.78 is 49.9. The first-order valence-corrected chi connectivity index (χ1v) is 12.3. The Bertz CT molecular complexity index is 1480. The Morgan fingerprint density at radius 2 is 1.82 bits per heavy atom. The average molecular weight is 616 g/mol. The van der Waals surface area contributed by atoms with Gasteiger partial charge >= 0.3 is 0 Å². The van der Waals surface area contributed by atoms with Crippen molar-refractivity contribution < 1.29 is 33.2 Å². The van der Waals surface area contributed by atoms with Crippen molar-refractivity contribution in [2.75, 3.05) is 6.61 Å². The molecule has 0 amide bonds. The molecular formula is C23H19BrClF3N6O4. The normalized spacial score (nSPS) is 23.7. The molecule has 3 heterocycles. The second-order valence-electron chi connectivity index (χ2n) is 8.61. The minimum Gasteiger partial charge on any atom is -0.394 e. The molecule has 1 saturated heterocycles. The number of rotatable bonds is 5. The zero-order chi connectivity index (χ0) is 27.3. The van der Waals surface area contributed by atoms with E-state index in [9.17, 15) is 28.5 Å². The lowest BCUT2D eigenvalue weighted by Crippen LogP contribution is -2.53. The summed E-state index contributed by atoms with van der Waals surface area (Å²) in [5.41, 5.74) is 0.336. The lowest BCUT2D eigenvalue weighted by molar-refractivity contribution is -0.210. The molecule has 38 heavy (non-hydrogen) atoms. The molecule has 0 spiro atoms. The van der Waals surface area contributed by atoms with Crippen molar-refractivity contribution in [2.24, 2.45) is 0 Å². The number of hydrogen-bond acceptors (Lipinski definition) is 8. The van der Waals surface area contributed by atoms with Crippen LogP contribution >= 0.6 is 27.5 Å². The topological polar surface area (TPSA) is 131 Å². The van der Waals surface area contributed by atoms with E-state index in [0.717, 1.165) is 16.8 Å². The summed E-state index contributed by atoms with van der Waals surface area (Å²) in [6, 6.07) is 5.25. The zero-order valence-corrected chi connectivity index (χ0v) is 21.7. The highest BCUT2D eigenvalue weighted by molar-refractivity contribution is 9.10. The largest absolute Gasteiger partial charge is 0.394 e. The van der Waals surface area contributed by atoms with Gasteiger partial charge in [0.25, 0.3) is 0 Å². The van der Waals surface area contributed by atoms with Crippen molar-refractivity contribution in [2.45, 2.75) is 37.4 Å². The van der Waals surface area contributed by atoms with Crippen LogP contribution in [0.4, 0.5) is 13.2 Å². The van der Waals surface area contributed by atoms with Crippen LogP contribution in [-0.2, 0) is 4.74 Å². The maximum Gasteiger partial charge on any atom is 0.194 e. The molecule has 4 aromatic rings. The minimum atomic E-state index is -1.63. The van der Waals surface area contributed by atoms with Crippen LogP contribution in [-0.4, -0.2) is 70.0 Å². The van der Waals surface area contributed by atoms with Crippen LogP contribution in [0.15, 0.2) is 41.0 Å². The van der Waals surface area contributed by atoms with Gasteiger partial charge in [0, 0.05) is 15.1 Å². The van der Waals surface area contributed by atoms with E-state index in [2.05, 4.69) is 36.3 Å². The van der Waals surface area contributed by atoms with E-state index in [0.29, 0.717) is 21.0 Å². The van der Waals surface area contributed by atoms with Crippen LogP contribution in [0.25, 0.3) is 16.9 Å². The van der Waals surface area contributed by atoms with Crippen LogP contribution in [0, 0.1) is 24.4 Å². The van der Waals surface area contributed by atoms with Gasteiger partial charge in [-0.2, -0.15) is 5.10 Å². The smallest absolute Gasteiger partial charge is 0.194 e. The number of nitrogens with zero attached hydrogens (tertiary/aromatic N) is 6. The van der Waals surface area contributed by atoms with Gasteiger partial charge in [0.15, 0.2) is 23.3 Å². The molecule has 0 bridgehead atoms. The third-order valence-electron chi connectivity index (χ3n) is 6.12. The van der Waals surface area contributed by atoms with E-state index in [4.69, 9.17) is 16.3 Å². The zero-order valence-electron chi connectivity index (χ0n) is 19.4. The van der Waals surface area contributed by atoms with Gasteiger partial charge in [0.05, 0.1) is 18.5 Å². The second kappa shape index (κ2) is 10.4. The predicted octanol–water partition coefficient (Wildman–Crippen LogP) is 3.06. The summed E-state index contributed by atoms with van der Waals surface area (Å²) in [5, 5.41) is 44.8. The fourth-order valence-electron chi connectivity index (χ4n) is 4.33. The van der Waals surface area contributed by atoms with E-state index in [1.54, 1.807) is 25.1 Å². The van der Waals surface area contributed by atoms with Crippen molar-refractivity contribution in [3.05, 3.63) is 75.1 Å². The Hall–Kier alpha value is -2.88. The number of benzene rings is 2. The van der Waals surface area contributed by atoms with E-state index in [1.165, 1.54) is 10.9 Å². The lowest BCUT2D eigenvalue weighted by atomic mass is 9.92. The van der Waals surface area contributed by atoms with E-state index >= 15 is 0 Å². The molecule has 15 heteroatoms. The Balaban J connectivity index is 1.55. The second-order valence-corrected chi connectivity index (χ2v) is 9.90. The van der Waals surface area contributed by atoms with Gasteiger partial charge in [-0.05, 0) is 53.2 Å². The van der Waals surface area contributed by atoms with Crippen LogP contribution in [0.2, 0.25) is 5.02 Å². The number of ether oxygens (including phenoxy) is 1. The van der Waals surface area contributed by atoms with Crippen LogP contribution < -0.4 is 0 Å². The van der Waals surface area contributed by atoms with Crippen LogP contribution in [0.5, 0.6) is 0 Å². The molecule has 200 valence electrons. The highest BCUT2D eigenvalue weighted by Crippen LogP contribution is 2.39. The van der Waals surface area contributed by atoms with E-state index in [1.807, 2.05) is 0 Å². The van der Waals surface area contributed by atoms with Crippen LogP contribution in [0.3, 0.4) is 0 Å². The molecule has 1 fully saturated rings. The molecule has 0 aliphatic carbocycles. The maximum atomic E-state index is 13.8. The standard InChI is InChI=1S/C23H19BrClF3N6O4/c1-9-29-23(34(31-9)16-6-11(25)2-3-12(16)24)22-21(37)19(20(36)17(8-35)38-22)33-7-15(30-32-33)10-4-13(26)18(28)14(27)5-10/h2-7,17,19-22,35-37H,8H2,1H3/t17-,19+,20+,21-,22-/m1/s1. The Morgan fingerprint density at radius 1 is 1.11 bits per heavy atom. The predicted molar refractivity (Wildman–Crippen MR) is 130 cm³/mol. The third kappa shape index (κ3) is 4.72. The summed E-state index contributed by atoms with van der Waals surface area (Å²) >= 11 is 9.62. The Labute approximate surface area is 226 Å². The average Bonchev–Trinajstić information content (AvgIpc) is 3.51. The fraction of sp³-hybridized carbons (Fsp3) is 0.304. The number of halogens is 5. The molecule has 2 aromatic carbocycles. The van der Waals surface area contributed by atoms with Crippen molar-refractivity contribution >= 4 is 27.5 Å². The van der Waals surface area contributed by atoms with Gasteiger partial charge in [-0.15, -0.1) is 5.10 Å². The van der Waals surface area contributed by atoms with Gasteiger partial charge < -0.3 is 20.1 Å². The van der Waals surface area contributed by atoms with E-state index in [-0.39, 0.29) is 17.1 Å². The Kier molecular flexibility index (Phi) is 7.28. The molecule has 3 N–H and O–H groups in total. The molecule has 5 rings (SSSR count). The van der Waals surface area contributed by atoms with Crippen molar-refractivity contribution in [3.8, 4) is 16.9 Å². The van der Waals surface area contributed by atoms with Gasteiger partial charge in [-0.25, -0.2) is 27.5 Å². The molecule has 1 aliphatic heterocycles. The molecule has 5 atom stereocenters.